The van der Waals surface area contributed by atoms with Crippen molar-refractivity contribution in [3.63, 3.8) is 0 Å². The molecule has 1 saturated heterocycles. The maximum Gasteiger partial charge on any atom is 0.0560 e. The fourth-order valence-electron chi connectivity index (χ4n) is 2.32. The van der Waals surface area contributed by atoms with Gasteiger partial charge in [-0.2, -0.15) is 0 Å². The molecule has 17 heavy (non-hydrogen) atoms. The molecule has 2 heterocycles. The SMILES string of the molecule is CCCN1CCN(c2ccnc(CN)c2)CC1. The van der Waals surface area contributed by atoms with Gasteiger partial charge in [0.15, 0.2) is 0 Å². The summed E-state index contributed by atoms with van der Waals surface area (Å²) < 4.78 is 0. The number of nitrogens with zero attached hydrogens (tertiary/aromatic N) is 3. The average Bonchev–Trinajstić information content (AvgIpc) is 2.40. The molecule has 1 aliphatic rings. The minimum Gasteiger partial charge on any atom is -0.369 e. The van der Waals surface area contributed by atoms with Crippen molar-refractivity contribution < 1.29 is 0 Å². The fraction of sp³-hybridized carbons (Fsp3) is 0.615. The Kier molecular flexibility index (Phi) is 4.34. The van der Waals surface area contributed by atoms with Gasteiger partial charge in [-0.15, -0.1) is 0 Å². The van der Waals surface area contributed by atoms with Gasteiger partial charge in [-0.25, -0.2) is 0 Å². The minimum absolute atomic E-state index is 0.517. The minimum atomic E-state index is 0.517. The highest BCUT2D eigenvalue weighted by atomic mass is 15.3. The largest absolute Gasteiger partial charge is 0.369 e. The molecule has 0 aliphatic carbocycles. The average molecular weight is 234 g/mol. The molecule has 1 fully saturated rings. The van der Waals surface area contributed by atoms with E-state index < -0.39 is 0 Å². The van der Waals surface area contributed by atoms with Crippen LogP contribution in [0.1, 0.15) is 19.0 Å². The Labute approximate surface area is 103 Å². The normalized spacial score (nSPS) is 17.4. The molecule has 4 heteroatoms. The Morgan fingerprint density at radius 2 is 2.06 bits per heavy atom. The number of pyridine rings is 1. The van der Waals surface area contributed by atoms with Gasteiger partial charge in [0.1, 0.15) is 0 Å². The molecule has 0 radical (unpaired) electrons. The zero-order valence-electron chi connectivity index (χ0n) is 10.6. The lowest BCUT2D eigenvalue weighted by atomic mass is 10.2. The van der Waals surface area contributed by atoms with E-state index in [-0.39, 0.29) is 0 Å². The van der Waals surface area contributed by atoms with Crippen molar-refractivity contribution in [3.8, 4) is 0 Å². The number of hydrogen-bond donors (Lipinski definition) is 1. The molecule has 2 rings (SSSR count). The Morgan fingerprint density at radius 3 is 2.71 bits per heavy atom. The molecule has 4 nitrogen and oxygen atoms in total. The van der Waals surface area contributed by atoms with Crippen LogP contribution in [-0.4, -0.2) is 42.6 Å². The molecule has 0 amide bonds. The van der Waals surface area contributed by atoms with Crippen LogP contribution in [0, 0.1) is 0 Å². The van der Waals surface area contributed by atoms with Crippen LogP contribution in [0.2, 0.25) is 0 Å². The van der Waals surface area contributed by atoms with Crippen molar-refractivity contribution in [2.45, 2.75) is 19.9 Å². The van der Waals surface area contributed by atoms with E-state index in [1.807, 2.05) is 6.20 Å². The van der Waals surface area contributed by atoms with E-state index in [2.05, 4.69) is 33.8 Å². The highest BCUT2D eigenvalue weighted by Crippen LogP contribution is 2.16. The molecule has 1 aliphatic heterocycles. The summed E-state index contributed by atoms with van der Waals surface area (Å²) in [5, 5.41) is 0. The maximum atomic E-state index is 5.62. The molecule has 0 bridgehead atoms. The summed E-state index contributed by atoms with van der Waals surface area (Å²) >= 11 is 0. The second-order valence-corrected chi connectivity index (χ2v) is 4.54. The summed E-state index contributed by atoms with van der Waals surface area (Å²) in [7, 11) is 0. The molecule has 0 spiro atoms. The Bertz CT molecular complexity index is 345. The van der Waals surface area contributed by atoms with E-state index in [4.69, 9.17) is 5.73 Å². The van der Waals surface area contributed by atoms with Gasteiger partial charge >= 0.3 is 0 Å². The molecule has 1 aromatic rings. The third-order valence-corrected chi connectivity index (χ3v) is 3.29. The molecular weight excluding hydrogens is 212 g/mol. The lowest BCUT2D eigenvalue weighted by molar-refractivity contribution is 0.258. The molecule has 0 atom stereocenters. The lowest BCUT2D eigenvalue weighted by Crippen LogP contribution is -2.46. The zero-order valence-corrected chi connectivity index (χ0v) is 10.6. The molecule has 1 aromatic heterocycles. The zero-order chi connectivity index (χ0) is 12.1. The van der Waals surface area contributed by atoms with E-state index in [9.17, 15) is 0 Å². The first kappa shape index (κ1) is 12.3. The van der Waals surface area contributed by atoms with Gasteiger partial charge in [-0.3, -0.25) is 9.88 Å². The number of hydrogen-bond acceptors (Lipinski definition) is 4. The molecule has 2 N–H and O–H groups in total. The van der Waals surface area contributed by atoms with E-state index >= 15 is 0 Å². The first-order chi connectivity index (χ1) is 8.33. The Morgan fingerprint density at radius 1 is 1.29 bits per heavy atom. The van der Waals surface area contributed by atoms with Crippen molar-refractivity contribution in [1.29, 1.82) is 0 Å². The van der Waals surface area contributed by atoms with E-state index in [1.165, 1.54) is 18.7 Å². The molecule has 94 valence electrons. The summed E-state index contributed by atoms with van der Waals surface area (Å²) in [6, 6.07) is 4.18. The van der Waals surface area contributed by atoms with Gasteiger partial charge in [-0.05, 0) is 25.1 Å². The molecule has 0 saturated carbocycles. The van der Waals surface area contributed by atoms with Gasteiger partial charge in [0.2, 0.25) is 0 Å². The summed E-state index contributed by atoms with van der Waals surface area (Å²) in [4.78, 5) is 9.19. The lowest BCUT2D eigenvalue weighted by Gasteiger charge is -2.36. The summed E-state index contributed by atoms with van der Waals surface area (Å²) in [5.74, 6) is 0. The third-order valence-electron chi connectivity index (χ3n) is 3.29. The Hall–Kier alpha value is -1.13. The maximum absolute atomic E-state index is 5.62. The second-order valence-electron chi connectivity index (χ2n) is 4.54. The van der Waals surface area contributed by atoms with Gasteiger partial charge in [0.25, 0.3) is 0 Å². The van der Waals surface area contributed by atoms with Crippen molar-refractivity contribution in [3.05, 3.63) is 24.0 Å². The van der Waals surface area contributed by atoms with Gasteiger partial charge in [0.05, 0.1) is 5.69 Å². The predicted molar refractivity (Wildman–Crippen MR) is 71.1 cm³/mol. The fourth-order valence-corrected chi connectivity index (χ4v) is 2.32. The quantitative estimate of drug-likeness (QED) is 0.846. The van der Waals surface area contributed by atoms with Crippen LogP contribution < -0.4 is 10.6 Å². The number of aromatic nitrogens is 1. The van der Waals surface area contributed by atoms with Crippen LogP contribution >= 0.6 is 0 Å². The second kappa shape index (κ2) is 5.98. The summed E-state index contributed by atoms with van der Waals surface area (Å²) in [6.07, 6.45) is 3.10. The topological polar surface area (TPSA) is 45.4 Å². The van der Waals surface area contributed by atoms with Crippen LogP contribution in [0.3, 0.4) is 0 Å². The first-order valence-corrected chi connectivity index (χ1v) is 6.45. The van der Waals surface area contributed by atoms with Crippen molar-refractivity contribution in [2.24, 2.45) is 5.73 Å². The predicted octanol–water partition coefficient (Wildman–Crippen LogP) is 1.07. The van der Waals surface area contributed by atoms with E-state index in [1.54, 1.807) is 0 Å². The number of rotatable bonds is 4. The van der Waals surface area contributed by atoms with Crippen molar-refractivity contribution in [1.82, 2.24) is 9.88 Å². The van der Waals surface area contributed by atoms with Gasteiger partial charge in [0, 0.05) is 44.6 Å². The highest BCUT2D eigenvalue weighted by Gasteiger charge is 2.16. The number of nitrogens with two attached hydrogens (primary N) is 1. The number of anilines is 1. The van der Waals surface area contributed by atoms with Crippen molar-refractivity contribution in [2.75, 3.05) is 37.6 Å². The number of piperazine rings is 1. The van der Waals surface area contributed by atoms with Crippen LogP contribution in [-0.2, 0) is 6.54 Å². The monoisotopic (exact) mass is 234 g/mol. The first-order valence-electron chi connectivity index (χ1n) is 6.45. The molecule has 0 unspecified atom stereocenters. The Balaban J connectivity index is 1.95. The van der Waals surface area contributed by atoms with E-state index in [0.29, 0.717) is 6.54 Å². The van der Waals surface area contributed by atoms with E-state index in [0.717, 1.165) is 31.9 Å². The summed E-state index contributed by atoms with van der Waals surface area (Å²) in [5.41, 5.74) is 7.85. The van der Waals surface area contributed by atoms with Crippen LogP contribution in [0.4, 0.5) is 5.69 Å². The van der Waals surface area contributed by atoms with Crippen LogP contribution in [0.15, 0.2) is 18.3 Å². The highest BCUT2D eigenvalue weighted by molar-refractivity contribution is 5.47. The standard InChI is InChI=1S/C13H22N4/c1-2-5-16-6-8-17(9-7-16)13-3-4-15-12(10-13)11-14/h3-4,10H,2,5-9,11,14H2,1H3. The summed E-state index contributed by atoms with van der Waals surface area (Å²) in [6.45, 7) is 8.51. The van der Waals surface area contributed by atoms with Gasteiger partial charge < -0.3 is 10.6 Å². The molecule has 0 aromatic carbocycles. The van der Waals surface area contributed by atoms with Crippen molar-refractivity contribution >= 4 is 5.69 Å². The molecular formula is C13H22N4. The smallest absolute Gasteiger partial charge is 0.0560 e. The van der Waals surface area contributed by atoms with Crippen LogP contribution in [0.5, 0.6) is 0 Å². The third kappa shape index (κ3) is 3.17. The van der Waals surface area contributed by atoms with Crippen LogP contribution in [0.25, 0.3) is 0 Å². The van der Waals surface area contributed by atoms with Gasteiger partial charge in [-0.1, -0.05) is 6.92 Å².